The third-order valence-electron chi connectivity index (χ3n) is 3.59. The van der Waals surface area contributed by atoms with Crippen molar-refractivity contribution in [1.29, 1.82) is 0 Å². The van der Waals surface area contributed by atoms with Crippen LogP contribution in [0.2, 0.25) is 0 Å². The lowest BCUT2D eigenvalue weighted by molar-refractivity contribution is -0.147. The van der Waals surface area contributed by atoms with Crippen molar-refractivity contribution in [2.24, 2.45) is 11.8 Å². The first-order valence-corrected chi connectivity index (χ1v) is 7.29. The van der Waals surface area contributed by atoms with E-state index >= 15 is 0 Å². The first-order chi connectivity index (χ1) is 9.69. The average Bonchev–Trinajstić information content (AvgIpc) is 3.15. The van der Waals surface area contributed by atoms with Crippen LogP contribution in [0.4, 0.5) is 4.79 Å². The molecule has 6 heteroatoms. The molecule has 0 aromatic carbocycles. The zero-order chi connectivity index (χ0) is 15.8. The van der Waals surface area contributed by atoms with Crippen LogP contribution in [0.25, 0.3) is 0 Å². The Bertz CT molecular complexity index is 487. The van der Waals surface area contributed by atoms with Gasteiger partial charge in [-0.1, -0.05) is 0 Å². The first kappa shape index (κ1) is 15.7. The summed E-state index contributed by atoms with van der Waals surface area (Å²) in [6.45, 7) is 5.15. The van der Waals surface area contributed by atoms with Crippen molar-refractivity contribution in [3.05, 3.63) is 0 Å². The molecule has 2 aliphatic rings. The van der Waals surface area contributed by atoms with E-state index in [2.05, 4.69) is 0 Å². The maximum Gasteiger partial charge on any atom is 0.417 e. The quantitative estimate of drug-likeness (QED) is 0.740. The van der Waals surface area contributed by atoms with E-state index in [1.165, 1.54) is 0 Å². The number of rotatable bonds is 3. The van der Waals surface area contributed by atoms with Crippen molar-refractivity contribution in [3.8, 4) is 0 Å². The molecule has 0 bridgehead atoms. The minimum atomic E-state index is -1.01. The smallest absolute Gasteiger partial charge is 0.417 e. The molecule has 1 saturated heterocycles. The second-order valence-electron chi connectivity index (χ2n) is 6.68. The van der Waals surface area contributed by atoms with Gasteiger partial charge in [-0.25, -0.2) is 9.69 Å². The molecule has 0 N–H and O–H groups in total. The van der Waals surface area contributed by atoms with Crippen LogP contribution in [0.1, 0.15) is 46.5 Å². The molecule has 0 spiro atoms. The fourth-order valence-corrected chi connectivity index (χ4v) is 2.30. The fourth-order valence-electron chi connectivity index (χ4n) is 2.30. The van der Waals surface area contributed by atoms with Crippen molar-refractivity contribution in [2.45, 2.75) is 52.1 Å². The number of carbonyl (C=O) groups excluding carboxylic acids is 4. The van der Waals surface area contributed by atoms with Crippen molar-refractivity contribution in [2.75, 3.05) is 6.54 Å². The number of piperidine rings is 1. The SMILES string of the molecule is CC(C)(C)OC(=O)N1CCC(=O)[C@@H](CC(=O)C2CC2)C1=O. The van der Waals surface area contributed by atoms with Gasteiger partial charge in [0, 0.05) is 25.3 Å². The van der Waals surface area contributed by atoms with Gasteiger partial charge in [-0.05, 0) is 33.6 Å². The number of Topliss-reactive ketones (excluding diaryl/α,β-unsaturated/α-hetero) is 2. The molecule has 1 aliphatic carbocycles. The summed E-state index contributed by atoms with van der Waals surface area (Å²) in [6, 6.07) is 0. The zero-order valence-electron chi connectivity index (χ0n) is 12.7. The number of hydrogen-bond acceptors (Lipinski definition) is 5. The van der Waals surface area contributed by atoms with Crippen LogP contribution in [-0.2, 0) is 19.1 Å². The van der Waals surface area contributed by atoms with Gasteiger partial charge in [0.1, 0.15) is 23.1 Å². The van der Waals surface area contributed by atoms with E-state index in [1.807, 2.05) is 0 Å². The molecule has 0 radical (unpaired) electrons. The maximum atomic E-state index is 12.3. The molecule has 0 aromatic heterocycles. The van der Waals surface area contributed by atoms with E-state index in [9.17, 15) is 19.2 Å². The van der Waals surface area contributed by atoms with Gasteiger partial charge in [0.05, 0.1) is 0 Å². The molecule has 6 nitrogen and oxygen atoms in total. The number of carbonyl (C=O) groups is 4. The van der Waals surface area contributed by atoms with Crippen LogP contribution < -0.4 is 0 Å². The Kier molecular flexibility index (Phi) is 4.16. The van der Waals surface area contributed by atoms with Gasteiger partial charge >= 0.3 is 6.09 Å². The number of ether oxygens (including phenoxy) is 1. The van der Waals surface area contributed by atoms with Gasteiger partial charge in [-0.2, -0.15) is 0 Å². The topological polar surface area (TPSA) is 80.8 Å². The van der Waals surface area contributed by atoms with Crippen molar-refractivity contribution < 1.29 is 23.9 Å². The minimum absolute atomic E-state index is 0.00232. The van der Waals surface area contributed by atoms with Gasteiger partial charge in [0.15, 0.2) is 0 Å². The fraction of sp³-hybridized carbons (Fsp3) is 0.733. The lowest BCUT2D eigenvalue weighted by Gasteiger charge is -2.31. The Morgan fingerprint density at radius 1 is 1.24 bits per heavy atom. The number of nitrogens with zero attached hydrogens (tertiary/aromatic N) is 1. The van der Waals surface area contributed by atoms with Crippen LogP contribution in [0, 0.1) is 11.8 Å². The third-order valence-corrected chi connectivity index (χ3v) is 3.59. The normalized spacial score (nSPS) is 23.2. The summed E-state index contributed by atoms with van der Waals surface area (Å²) in [5.74, 6) is -1.92. The Balaban J connectivity index is 2.04. The highest BCUT2D eigenvalue weighted by molar-refractivity contribution is 6.10. The van der Waals surface area contributed by atoms with Gasteiger partial charge in [-0.15, -0.1) is 0 Å². The number of amides is 2. The van der Waals surface area contributed by atoms with E-state index in [1.54, 1.807) is 20.8 Å². The standard InChI is InChI=1S/C15H21NO5/c1-15(2,3)21-14(20)16-7-6-11(17)10(13(16)19)8-12(18)9-4-5-9/h9-10H,4-8H2,1-3H3/t10-/m1/s1. The Labute approximate surface area is 123 Å². The third kappa shape index (κ3) is 3.89. The Morgan fingerprint density at radius 2 is 1.86 bits per heavy atom. The van der Waals surface area contributed by atoms with E-state index in [4.69, 9.17) is 4.74 Å². The van der Waals surface area contributed by atoms with Gasteiger partial charge in [0.2, 0.25) is 5.91 Å². The van der Waals surface area contributed by atoms with Crippen molar-refractivity contribution >= 4 is 23.6 Å². The van der Waals surface area contributed by atoms with Crippen molar-refractivity contribution in [3.63, 3.8) is 0 Å². The molecule has 1 atom stereocenters. The summed E-state index contributed by atoms with van der Waals surface area (Å²) in [5.41, 5.74) is -0.710. The lowest BCUT2D eigenvalue weighted by atomic mass is 9.90. The highest BCUT2D eigenvalue weighted by atomic mass is 16.6. The van der Waals surface area contributed by atoms with Crippen LogP contribution >= 0.6 is 0 Å². The van der Waals surface area contributed by atoms with Gasteiger partial charge in [0.25, 0.3) is 0 Å². The molecule has 21 heavy (non-hydrogen) atoms. The highest BCUT2D eigenvalue weighted by Gasteiger charge is 2.42. The maximum absolute atomic E-state index is 12.3. The molecule has 2 fully saturated rings. The second-order valence-corrected chi connectivity index (χ2v) is 6.68. The predicted molar refractivity (Wildman–Crippen MR) is 73.4 cm³/mol. The van der Waals surface area contributed by atoms with E-state index in [-0.39, 0.29) is 36.9 Å². The Morgan fingerprint density at radius 3 is 2.38 bits per heavy atom. The molecule has 1 aliphatic heterocycles. The number of likely N-dealkylation sites (tertiary alicyclic amines) is 1. The molecule has 2 rings (SSSR count). The lowest BCUT2D eigenvalue weighted by Crippen LogP contribution is -2.50. The summed E-state index contributed by atoms with van der Waals surface area (Å²) < 4.78 is 5.17. The van der Waals surface area contributed by atoms with E-state index < -0.39 is 23.5 Å². The molecule has 1 saturated carbocycles. The molecule has 1 heterocycles. The molecule has 0 aromatic rings. The summed E-state index contributed by atoms with van der Waals surface area (Å²) in [7, 11) is 0. The van der Waals surface area contributed by atoms with Crippen LogP contribution in [0.5, 0.6) is 0 Å². The average molecular weight is 295 g/mol. The van der Waals surface area contributed by atoms with E-state index in [0.29, 0.717) is 0 Å². The predicted octanol–water partition coefficient (Wildman–Crippen LogP) is 1.71. The van der Waals surface area contributed by atoms with Crippen LogP contribution in [0.3, 0.4) is 0 Å². The highest BCUT2D eigenvalue weighted by Crippen LogP contribution is 2.33. The minimum Gasteiger partial charge on any atom is -0.443 e. The van der Waals surface area contributed by atoms with Gasteiger partial charge in [-0.3, -0.25) is 14.4 Å². The number of imide groups is 1. The van der Waals surface area contributed by atoms with E-state index in [0.717, 1.165) is 17.7 Å². The summed E-state index contributed by atoms with van der Waals surface area (Å²) >= 11 is 0. The molecule has 0 unspecified atom stereocenters. The molecule has 2 amide bonds. The molecule has 116 valence electrons. The van der Waals surface area contributed by atoms with Gasteiger partial charge < -0.3 is 4.74 Å². The zero-order valence-corrected chi connectivity index (χ0v) is 12.7. The largest absolute Gasteiger partial charge is 0.443 e. The monoisotopic (exact) mass is 295 g/mol. The number of hydrogen-bond donors (Lipinski definition) is 0. The summed E-state index contributed by atoms with van der Waals surface area (Å²) in [5, 5.41) is 0. The van der Waals surface area contributed by atoms with Crippen LogP contribution in [-0.4, -0.2) is 40.6 Å². The number of ketones is 2. The molecular formula is C15H21NO5. The summed E-state index contributed by atoms with van der Waals surface area (Å²) in [6.07, 6.45) is 0.937. The Hall–Kier alpha value is -1.72. The first-order valence-electron chi connectivity index (χ1n) is 7.29. The van der Waals surface area contributed by atoms with Crippen LogP contribution in [0.15, 0.2) is 0 Å². The summed E-state index contributed by atoms with van der Waals surface area (Å²) in [4.78, 5) is 49.0. The molecular weight excluding hydrogens is 274 g/mol. The van der Waals surface area contributed by atoms with Crippen molar-refractivity contribution in [1.82, 2.24) is 4.90 Å². The second kappa shape index (κ2) is 5.58.